The van der Waals surface area contributed by atoms with Crippen molar-refractivity contribution in [1.82, 2.24) is 5.43 Å². The fourth-order valence-corrected chi connectivity index (χ4v) is 4.29. The summed E-state index contributed by atoms with van der Waals surface area (Å²) >= 11 is 3.49. The SMILES string of the molecule is COc1ccc(N(CC(=O)N/N=C\c2ccc(N(C)C)c(Br)c2)S(C)(=O)=O)cc1OC. The first-order chi connectivity index (χ1) is 14.6. The number of carbonyl (C=O) groups excluding carboxylic acids is 1. The lowest BCUT2D eigenvalue weighted by Gasteiger charge is -2.22. The Hall–Kier alpha value is -2.79. The van der Waals surface area contributed by atoms with Gasteiger partial charge >= 0.3 is 0 Å². The van der Waals surface area contributed by atoms with Crippen LogP contribution >= 0.6 is 15.9 Å². The number of amides is 1. The molecule has 0 unspecified atom stereocenters. The normalized spacial score (nSPS) is 11.3. The first kappa shape index (κ1) is 24.5. The molecule has 0 bridgehead atoms. The lowest BCUT2D eigenvalue weighted by molar-refractivity contribution is -0.119. The van der Waals surface area contributed by atoms with Crippen LogP contribution in [0.3, 0.4) is 0 Å². The Morgan fingerprint density at radius 1 is 1.13 bits per heavy atom. The highest BCUT2D eigenvalue weighted by Gasteiger charge is 2.22. The van der Waals surface area contributed by atoms with Gasteiger partial charge in [-0.2, -0.15) is 5.10 Å². The van der Waals surface area contributed by atoms with Crippen molar-refractivity contribution in [3.63, 3.8) is 0 Å². The lowest BCUT2D eigenvalue weighted by Crippen LogP contribution is -2.39. The quantitative estimate of drug-likeness (QED) is 0.409. The van der Waals surface area contributed by atoms with Crippen molar-refractivity contribution in [2.45, 2.75) is 0 Å². The Morgan fingerprint density at radius 3 is 2.35 bits per heavy atom. The Labute approximate surface area is 190 Å². The van der Waals surface area contributed by atoms with Crippen molar-refractivity contribution in [3.05, 3.63) is 46.4 Å². The van der Waals surface area contributed by atoms with Crippen LogP contribution < -0.4 is 24.1 Å². The fourth-order valence-electron chi connectivity index (χ4n) is 2.69. The third-order valence-corrected chi connectivity index (χ3v) is 5.97. The van der Waals surface area contributed by atoms with Crippen molar-refractivity contribution in [1.29, 1.82) is 0 Å². The summed E-state index contributed by atoms with van der Waals surface area (Å²) in [6.07, 6.45) is 2.49. The minimum absolute atomic E-state index is 0.266. The van der Waals surface area contributed by atoms with Crippen LogP contribution in [0.4, 0.5) is 11.4 Å². The standard InChI is InChI=1S/C20H25BrN4O5S/c1-24(2)17-8-6-14(10-16(17)21)12-22-23-20(26)13-25(31(5,27)28)15-7-9-18(29-3)19(11-15)30-4/h6-12H,13H2,1-5H3,(H,23,26)/b22-12-. The molecule has 0 spiro atoms. The number of nitrogens with one attached hydrogen (secondary N) is 1. The van der Waals surface area contributed by atoms with E-state index in [0.717, 1.165) is 26.3 Å². The molecule has 11 heteroatoms. The van der Waals surface area contributed by atoms with Gasteiger partial charge in [-0.3, -0.25) is 9.10 Å². The minimum Gasteiger partial charge on any atom is -0.493 e. The van der Waals surface area contributed by atoms with Crippen LogP contribution in [0, 0.1) is 0 Å². The van der Waals surface area contributed by atoms with Crippen molar-refractivity contribution in [2.24, 2.45) is 5.10 Å². The molecule has 0 atom stereocenters. The van der Waals surface area contributed by atoms with Gasteiger partial charge < -0.3 is 14.4 Å². The minimum atomic E-state index is -3.74. The van der Waals surface area contributed by atoms with Gasteiger partial charge in [-0.05, 0) is 45.8 Å². The molecule has 31 heavy (non-hydrogen) atoms. The van der Waals surface area contributed by atoms with Crippen molar-refractivity contribution in [2.75, 3.05) is 50.3 Å². The maximum absolute atomic E-state index is 12.3. The predicted molar refractivity (Wildman–Crippen MR) is 126 cm³/mol. The van der Waals surface area contributed by atoms with E-state index in [2.05, 4.69) is 26.5 Å². The summed E-state index contributed by atoms with van der Waals surface area (Å²) in [6.45, 7) is -0.449. The summed E-state index contributed by atoms with van der Waals surface area (Å²) in [5.74, 6) is 0.194. The largest absolute Gasteiger partial charge is 0.493 e. The van der Waals surface area contributed by atoms with Crippen LogP contribution in [0.25, 0.3) is 0 Å². The van der Waals surface area contributed by atoms with Crippen LogP contribution in [0.2, 0.25) is 0 Å². The number of nitrogens with zero attached hydrogens (tertiary/aromatic N) is 3. The average molecular weight is 513 g/mol. The van der Waals surface area contributed by atoms with E-state index in [9.17, 15) is 13.2 Å². The molecule has 2 rings (SSSR count). The lowest BCUT2D eigenvalue weighted by atomic mass is 10.2. The maximum atomic E-state index is 12.3. The summed E-state index contributed by atoms with van der Waals surface area (Å²) in [4.78, 5) is 14.3. The second-order valence-corrected chi connectivity index (χ2v) is 9.47. The van der Waals surface area contributed by atoms with E-state index in [1.165, 1.54) is 32.6 Å². The summed E-state index contributed by atoms with van der Waals surface area (Å²) in [5, 5.41) is 3.92. The molecule has 0 saturated heterocycles. The topological polar surface area (TPSA) is 101 Å². The number of anilines is 2. The van der Waals surface area contributed by atoms with Crippen LogP contribution in [-0.2, 0) is 14.8 Å². The Balaban J connectivity index is 2.14. The van der Waals surface area contributed by atoms with E-state index in [4.69, 9.17) is 9.47 Å². The zero-order chi connectivity index (χ0) is 23.2. The zero-order valence-electron chi connectivity index (χ0n) is 17.9. The van der Waals surface area contributed by atoms with Crippen LogP contribution in [0.15, 0.2) is 46.0 Å². The van der Waals surface area contributed by atoms with Gasteiger partial charge in [-0.25, -0.2) is 13.8 Å². The molecule has 2 aromatic carbocycles. The average Bonchev–Trinajstić information content (AvgIpc) is 2.70. The Bertz CT molecular complexity index is 1070. The van der Waals surface area contributed by atoms with Crippen LogP contribution in [0.1, 0.15) is 5.56 Å². The Kier molecular flexibility index (Phi) is 8.28. The number of hydrazone groups is 1. The number of sulfonamides is 1. The smallest absolute Gasteiger partial charge is 0.260 e. The molecular formula is C20H25BrN4O5S. The number of methoxy groups -OCH3 is 2. The molecule has 0 aliphatic carbocycles. The monoisotopic (exact) mass is 512 g/mol. The summed E-state index contributed by atoms with van der Waals surface area (Å²) in [7, 11) is 3.04. The van der Waals surface area contributed by atoms with E-state index >= 15 is 0 Å². The number of ether oxygens (including phenoxy) is 2. The second-order valence-electron chi connectivity index (χ2n) is 6.71. The van der Waals surface area contributed by atoms with Gasteiger partial charge in [-0.15, -0.1) is 0 Å². The molecule has 0 fully saturated rings. The number of hydrogen-bond donors (Lipinski definition) is 1. The molecule has 9 nitrogen and oxygen atoms in total. The van der Waals surface area contributed by atoms with E-state index in [1.807, 2.05) is 37.2 Å². The van der Waals surface area contributed by atoms with Crippen molar-refractivity contribution >= 4 is 49.4 Å². The molecular weight excluding hydrogens is 488 g/mol. The second kappa shape index (κ2) is 10.5. The molecule has 168 valence electrons. The van der Waals surface area contributed by atoms with E-state index in [-0.39, 0.29) is 5.69 Å². The first-order valence-corrected chi connectivity index (χ1v) is 11.7. The highest BCUT2D eigenvalue weighted by atomic mass is 79.9. The van der Waals surface area contributed by atoms with Gasteiger partial charge in [-0.1, -0.05) is 6.07 Å². The van der Waals surface area contributed by atoms with Gasteiger partial charge in [0.1, 0.15) is 6.54 Å². The number of hydrogen-bond acceptors (Lipinski definition) is 7. The molecule has 1 N–H and O–H groups in total. The molecule has 0 aliphatic heterocycles. The summed E-state index contributed by atoms with van der Waals surface area (Å²) in [6, 6.07) is 10.2. The third-order valence-electron chi connectivity index (χ3n) is 4.20. The van der Waals surface area contributed by atoms with E-state index < -0.39 is 22.5 Å². The van der Waals surface area contributed by atoms with Crippen molar-refractivity contribution in [3.8, 4) is 11.5 Å². The zero-order valence-corrected chi connectivity index (χ0v) is 20.3. The predicted octanol–water partition coefficient (Wildman–Crippen LogP) is 2.45. The molecule has 1 amide bonds. The third kappa shape index (κ3) is 6.59. The van der Waals surface area contributed by atoms with E-state index in [1.54, 1.807) is 6.07 Å². The number of carbonyl (C=O) groups is 1. The van der Waals surface area contributed by atoms with Gasteiger partial charge in [0.2, 0.25) is 10.0 Å². The van der Waals surface area contributed by atoms with Crippen LogP contribution in [-0.4, -0.2) is 61.7 Å². The molecule has 0 aromatic heterocycles. The van der Waals surface area contributed by atoms with Gasteiger partial charge in [0.05, 0.1) is 38.1 Å². The van der Waals surface area contributed by atoms with Gasteiger partial charge in [0.25, 0.3) is 5.91 Å². The summed E-state index contributed by atoms with van der Waals surface area (Å²) in [5.41, 5.74) is 4.38. The number of halogens is 1. The van der Waals surface area contributed by atoms with E-state index in [0.29, 0.717) is 11.5 Å². The molecule has 0 aliphatic rings. The van der Waals surface area contributed by atoms with Gasteiger partial charge in [0, 0.05) is 24.6 Å². The molecule has 0 heterocycles. The highest BCUT2D eigenvalue weighted by molar-refractivity contribution is 9.10. The van der Waals surface area contributed by atoms with Crippen LogP contribution in [0.5, 0.6) is 11.5 Å². The highest BCUT2D eigenvalue weighted by Crippen LogP contribution is 2.32. The number of rotatable bonds is 9. The molecule has 0 radical (unpaired) electrons. The maximum Gasteiger partial charge on any atom is 0.260 e. The molecule has 2 aromatic rings. The summed E-state index contributed by atoms with van der Waals surface area (Å²) < 4.78 is 36.8. The Morgan fingerprint density at radius 2 is 1.81 bits per heavy atom. The first-order valence-electron chi connectivity index (χ1n) is 9.05. The number of benzene rings is 2. The van der Waals surface area contributed by atoms with Gasteiger partial charge in [0.15, 0.2) is 11.5 Å². The fraction of sp³-hybridized carbons (Fsp3) is 0.300. The molecule has 0 saturated carbocycles. The van der Waals surface area contributed by atoms with Crippen molar-refractivity contribution < 1.29 is 22.7 Å².